The summed E-state index contributed by atoms with van der Waals surface area (Å²) in [6.07, 6.45) is 0.179. The number of carbonyl (C=O) groups excluding carboxylic acids is 1. The van der Waals surface area contributed by atoms with Gasteiger partial charge in [-0.15, -0.1) is 16.4 Å². The molecule has 0 bridgehead atoms. The number of amides is 1. The summed E-state index contributed by atoms with van der Waals surface area (Å²) in [7, 11) is 1.63. The zero-order chi connectivity index (χ0) is 20.2. The van der Waals surface area contributed by atoms with Gasteiger partial charge < -0.3 is 9.47 Å². The third-order valence-corrected chi connectivity index (χ3v) is 5.18. The van der Waals surface area contributed by atoms with Gasteiger partial charge in [0.25, 0.3) is 0 Å². The van der Waals surface area contributed by atoms with Crippen LogP contribution >= 0.6 is 22.9 Å². The van der Waals surface area contributed by atoms with Crippen LogP contribution < -0.4 is 14.8 Å². The largest absolute Gasteiger partial charge is 0.497 e. The molecule has 2 aromatic heterocycles. The van der Waals surface area contributed by atoms with Gasteiger partial charge in [-0.25, -0.2) is 4.52 Å². The highest BCUT2D eigenvalue weighted by Crippen LogP contribution is 2.28. The molecule has 2 aromatic carbocycles. The SMILES string of the molecule is COc1cccc(-c2csc3nc(NC(=O)CCOc4ccc(Cl)cc4)nn23)c1. The van der Waals surface area contributed by atoms with E-state index < -0.39 is 0 Å². The molecule has 0 atom stereocenters. The van der Waals surface area contributed by atoms with Crippen molar-refractivity contribution < 1.29 is 14.3 Å². The molecular weight excluding hydrogens is 412 g/mol. The molecule has 0 saturated heterocycles. The van der Waals surface area contributed by atoms with Crippen LogP contribution in [0.15, 0.2) is 53.9 Å². The Bertz CT molecular complexity index is 1140. The summed E-state index contributed by atoms with van der Waals surface area (Å²) in [4.78, 5) is 17.2. The van der Waals surface area contributed by atoms with Crippen molar-refractivity contribution in [3.05, 3.63) is 58.9 Å². The molecule has 0 saturated carbocycles. The number of benzene rings is 2. The van der Waals surface area contributed by atoms with Crippen molar-refractivity contribution in [2.75, 3.05) is 19.0 Å². The minimum atomic E-state index is -0.222. The first-order valence-corrected chi connectivity index (χ1v) is 10.0. The lowest BCUT2D eigenvalue weighted by Gasteiger charge is -2.05. The van der Waals surface area contributed by atoms with Crippen LogP contribution in [0, 0.1) is 0 Å². The molecule has 1 N–H and O–H groups in total. The van der Waals surface area contributed by atoms with Crippen LogP contribution in [0.3, 0.4) is 0 Å². The molecular formula is C20H17ClN4O3S. The summed E-state index contributed by atoms with van der Waals surface area (Å²) >= 11 is 7.28. The van der Waals surface area contributed by atoms with Crippen LogP contribution in [0.4, 0.5) is 5.95 Å². The van der Waals surface area contributed by atoms with E-state index in [1.54, 1.807) is 35.9 Å². The number of carbonyl (C=O) groups is 1. The van der Waals surface area contributed by atoms with Crippen molar-refractivity contribution in [1.29, 1.82) is 0 Å². The zero-order valence-corrected chi connectivity index (χ0v) is 17.0. The van der Waals surface area contributed by atoms with Crippen molar-refractivity contribution in [2.24, 2.45) is 0 Å². The van der Waals surface area contributed by atoms with Gasteiger partial charge >= 0.3 is 0 Å². The number of hydrogen-bond acceptors (Lipinski definition) is 6. The number of nitrogens with zero attached hydrogens (tertiary/aromatic N) is 3. The fourth-order valence-corrected chi connectivity index (χ4v) is 3.65. The maximum absolute atomic E-state index is 12.2. The number of halogens is 1. The molecule has 29 heavy (non-hydrogen) atoms. The smallest absolute Gasteiger partial charge is 0.250 e. The van der Waals surface area contributed by atoms with Gasteiger partial charge in [0.15, 0.2) is 0 Å². The fraction of sp³-hybridized carbons (Fsp3) is 0.150. The lowest BCUT2D eigenvalue weighted by Crippen LogP contribution is -2.16. The molecule has 0 aliphatic carbocycles. The van der Waals surface area contributed by atoms with Gasteiger partial charge in [0.1, 0.15) is 11.5 Å². The maximum atomic E-state index is 12.2. The number of rotatable bonds is 7. The number of fused-ring (bicyclic) bond motifs is 1. The van der Waals surface area contributed by atoms with Gasteiger partial charge in [0.2, 0.25) is 16.8 Å². The normalized spacial score (nSPS) is 10.8. The van der Waals surface area contributed by atoms with Crippen molar-refractivity contribution in [3.63, 3.8) is 0 Å². The third-order valence-electron chi connectivity index (χ3n) is 4.11. The maximum Gasteiger partial charge on any atom is 0.250 e. The second-order valence-electron chi connectivity index (χ2n) is 6.08. The molecule has 4 rings (SSSR count). The van der Waals surface area contributed by atoms with Crippen molar-refractivity contribution >= 4 is 39.8 Å². The first-order valence-electron chi connectivity index (χ1n) is 8.79. The van der Waals surface area contributed by atoms with Gasteiger partial charge in [0, 0.05) is 16.0 Å². The van der Waals surface area contributed by atoms with Gasteiger partial charge in [-0.3, -0.25) is 10.1 Å². The molecule has 0 fully saturated rings. The van der Waals surface area contributed by atoms with E-state index in [-0.39, 0.29) is 24.9 Å². The minimum absolute atomic E-state index is 0.179. The third kappa shape index (κ3) is 4.49. The summed E-state index contributed by atoms with van der Waals surface area (Å²) < 4.78 is 12.5. The standard InChI is InChI=1S/C20H17ClN4O3S/c1-27-16-4-2-3-13(11-16)17-12-29-20-23-19(24-25(17)20)22-18(26)9-10-28-15-7-5-14(21)6-8-15/h2-8,11-12H,9-10H2,1H3,(H,22,24,26). The molecule has 9 heteroatoms. The molecule has 0 aliphatic rings. The Morgan fingerprint density at radius 1 is 1.21 bits per heavy atom. The predicted octanol–water partition coefficient (Wildman–Crippen LogP) is 4.53. The van der Waals surface area contributed by atoms with E-state index in [1.165, 1.54) is 11.3 Å². The number of hydrogen-bond donors (Lipinski definition) is 1. The predicted molar refractivity (Wildman–Crippen MR) is 113 cm³/mol. The Kier molecular flexibility index (Phi) is 5.64. The second kappa shape index (κ2) is 8.50. The van der Waals surface area contributed by atoms with E-state index in [0.29, 0.717) is 15.7 Å². The van der Waals surface area contributed by atoms with E-state index in [9.17, 15) is 4.79 Å². The van der Waals surface area contributed by atoms with E-state index in [0.717, 1.165) is 17.0 Å². The average Bonchev–Trinajstić information content (AvgIpc) is 3.29. The lowest BCUT2D eigenvalue weighted by molar-refractivity contribution is -0.116. The van der Waals surface area contributed by atoms with Gasteiger partial charge in [0.05, 0.1) is 25.8 Å². The molecule has 0 spiro atoms. The van der Waals surface area contributed by atoms with Crippen molar-refractivity contribution in [2.45, 2.75) is 6.42 Å². The Hall–Kier alpha value is -3.10. The topological polar surface area (TPSA) is 77.8 Å². The molecule has 0 radical (unpaired) electrons. The number of methoxy groups -OCH3 is 1. The van der Waals surface area contributed by atoms with Crippen LogP contribution in [-0.2, 0) is 4.79 Å². The highest BCUT2D eigenvalue weighted by Gasteiger charge is 2.14. The summed E-state index contributed by atoms with van der Waals surface area (Å²) in [6, 6.07) is 14.7. The van der Waals surface area contributed by atoms with E-state index in [2.05, 4.69) is 15.4 Å². The van der Waals surface area contributed by atoms with Crippen LogP contribution in [0.1, 0.15) is 6.42 Å². The minimum Gasteiger partial charge on any atom is -0.497 e. The number of thiazole rings is 1. The molecule has 7 nitrogen and oxygen atoms in total. The molecule has 2 heterocycles. The number of nitrogens with one attached hydrogen (secondary N) is 1. The molecule has 0 aliphatic heterocycles. The van der Waals surface area contributed by atoms with Gasteiger partial charge in [-0.2, -0.15) is 4.98 Å². The first kappa shape index (κ1) is 19.2. The van der Waals surface area contributed by atoms with Crippen molar-refractivity contribution in [1.82, 2.24) is 14.6 Å². The van der Waals surface area contributed by atoms with Gasteiger partial charge in [-0.1, -0.05) is 23.7 Å². The van der Waals surface area contributed by atoms with E-state index >= 15 is 0 Å². The summed E-state index contributed by atoms with van der Waals surface area (Å²) in [5.74, 6) is 1.46. The summed E-state index contributed by atoms with van der Waals surface area (Å²) in [5.41, 5.74) is 1.83. The molecule has 148 valence electrons. The summed E-state index contributed by atoms with van der Waals surface area (Å²) in [6.45, 7) is 0.241. The number of aromatic nitrogens is 3. The van der Waals surface area contributed by atoms with Crippen LogP contribution in [0.25, 0.3) is 16.2 Å². The van der Waals surface area contributed by atoms with Gasteiger partial charge in [-0.05, 0) is 36.4 Å². The Morgan fingerprint density at radius 2 is 2.03 bits per heavy atom. The van der Waals surface area contributed by atoms with E-state index in [4.69, 9.17) is 21.1 Å². The molecule has 4 aromatic rings. The second-order valence-corrected chi connectivity index (χ2v) is 7.36. The number of ether oxygens (including phenoxy) is 2. The van der Waals surface area contributed by atoms with E-state index in [1.807, 2.05) is 29.6 Å². The number of anilines is 1. The van der Waals surface area contributed by atoms with Crippen molar-refractivity contribution in [3.8, 4) is 22.8 Å². The monoisotopic (exact) mass is 428 g/mol. The quantitative estimate of drug-likeness (QED) is 0.468. The van der Waals surface area contributed by atoms with Crippen LogP contribution in [0.5, 0.6) is 11.5 Å². The Morgan fingerprint density at radius 3 is 2.83 bits per heavy atom. The summed E-state index contributed by atoms with van der Waals surface area (Å²) in [5, 5.41) is 9.72. The van der Waals surface area contributed by atoms with Crippen LogP contribution in [-0.4, -0.2) is 34.2 Å². The molecule has 0 unspecified atom stereocenters. The Balaban J connectivity index is 1.40. The first-order chi connectivity index (χ1) is 14.1. The molecule has 1 amide bonds. The Labute approximate surface area is 175 Å². The van der Waals surface area contributed by atoms with Crippen LogP contribution in [0.2, 0.25) is 5.02 Å². The lowest BCUT2D eigenvalue weighted by atomic mass is 10.2. The highest BCUT2D eigenvalue weighted by atomic mass is 35.5. The zero-order valence-electron chi connectivity index (χ0n) is 15.5. The fourth-order valence-electron chi connectivity index (χ4n) is 2.69. The average molecular weight is 429 g/mol. The highest BCUT2D eigenvalue weighted by molar-refractivity contribution is 7.15.